The molecule has 2 rings (SSSR count). The molecule has 0 aliphatic heterocycles. The topological polar surface area (TPSA) is 68.3 Å². The number of nitrogens with two attached hydrogens (primary N) is 1. The minimum absolute atomic E-state index is 0.0809. The second-order valence-electron chi connectivity index (χ2n) is 5.39. The summed E-state index contributed by atoms with van der Waals surface area (Å²) in [7, 11) is 0. The van der Waals surface area contributed by atoms with Gasteiger partial charge in [0.15, 0.2) is 0 Å². The van der Waals surface area contributed by atoms with Crippen LogP contribution in [0.4, 0.5) is 0 Å². The Balaban J connectivity index is 1.75. The van der Waals surface area contributed by atoms with Crippen molar-refractivity contribution in [2.75, 3.05) is 6.54 Å². The van der Waals surface area contributed by atoms with Crippen LogP contribution in [-0.2, 0) is 11.2 Å². The van der Waals surface area contributed by atoms with Crippen molar-refractivity contribution in [3.05, 3.63) is 24.2 Å². The van der Waals surface area contributed by atoms with E-state index in [2.05, 4.69) is 5.32 Å². The van der Waals surface area contributed by atoms with Crippen molar-refractivity contribution in [1.29, 1.82) is 0 Å². The number of carbonyl (C=O) groups is 1. The van der Waals surface area contributed by atoms with E-state index >= 15 is 0 Å². The van der Waals surface area contributed by atoms with Gasteiger partial charge in [0.05, 0.1) is 6.26 Å². The molecule has 0 aromatic carbocycles. The molecule has 1 aromatic rings. The van der Waals surface area contributed by atoms with Crippen LogP contribution in [0.15, 0.2) is 22.8 Å². The zero-order valence-corrected chi connectivity index (χ0v) is 11.4. The molecule has 4 heteroatoms. The summed E-state index contributed by atoms with van der Waals surface area (Å²) in [6.45, 7) is 0.539. The fourth-order valence-corrected chi connectivity index (χ4v) is 2.88. The van der Waals surface area contributed by atoms with E-state index in [1.165, 1.54) is 32.1 Å². The summed E-state index contributed by atoms with van der Waals surface area (Å²) >= 11 is 0. The van der Waals surface area contributed by atoms with Crippen LogP contribution in [-0.4, -0.2) is 18.5 Å². The zero-order chi connectivity index (χ0) is 13.5. The van der Waals surface area contributed by atoms with Crippen LogP contribution in [0.5, 0.6) is 0 Å². The Labute approximate surface area is 114 Å². The number of furan rings is 1. The highest BCUT2D eigenvalue weighted by Crippen LogP contribution is 2.26. The molecule has 1 fully saturated rings. The second kappa shape index (κ2) is 7.34. The van der Waals surface area contributed by atoms with Crippen LogP contribution >= 0.6 is 0 Å². The first-order valence-electron chi connectivity index (χ1n) is 7.31. The Morgan fingerprint density at radius 2 is 2.21 bits per heavy atom. The van der Waals surface area contributed by atoms with Crippen molar-refractivity contribution in [2.45, 2.75) is 51.0 Å². The van der Waals surface area contributed by atoms with Gasteiger partial charge in [-0.2, -0.15) is 0 Å². The molecule has 106 valence electrons. The molecule has 1 aliphatic rings. The molecule has 1 unspecified atom stereocenters. The van der Waals surface area contributed by atoms with Crippen molar-refractivity contribution < 1.29 is 9.21 Å². The lowest BCUT2D eigenvalue weighted by Crippen LogP contribution is -2.45. The second-order valence-corrected chi connectivity index (χ2v) is 5.39. The molecule has 1 atom stereocenters. The number of amides is 1. The summed E-state index contributed by atoms with van der Waals surface area (Å²) in [4.78, 5) is 11.9. The molecule has 1 amide bonds. The van der Waals surface area contributed by atoms with Crippen molar-refractivity contribution in [3.8, 4) is 0 Å². The molecule has 1 aliphatic carbocycles. The van der Waals surface area contributed by atoms with Crippen LogP contribution in [0.1, 0.15) is 44.3 Å². The van der Waals surface area contributed by atoms with Gasteiger partial charge in [-0.25, -0.2) is 0 Å². The van der Waals surface area contributed by atoms with Gasteiger partial charge in [-0.05, 0) is 30.9 Å². The van der Waals surface area contributed by atoms with Gasteiger partial charge in [0.1, 0.15) is 5.76 Å². The lowest BCUT2D eigenvalue weighted by atomic mass is 9.84. The molecule has 1 saturated carbocycles. The van der Waals surface area contributed by atoms with Crippen LogP contribution < -0.4 is 11.1 Å². The molecule has 0 spiro atoms. The molecular weight excluding hydrogens is 240 g/mol. The van der Waals surface area contributed by atoms with Crippen LogP contribution in [0.2, 0.25) is 0 Å². The Hall–Kier alpha value is -1.29. The van der Waals surface area contributed by atoms with E-state index in [0.717, 1.165) is 5.76 Å². The molecule has 3 N–H and O–H groups in total. The Bertz CT molecular complexity index is 370. The van der Waals surface area contributed by atoms with E-state index in [-0.39, 0.29) is 11.9 Å². The molecule has 0 bridgehead atoms. The van der Waals surface area contributed by atoms with Crippen LogP contribution in [0.25, 0.3) is 0 Å². The van der Waals surface area contributed by atoms with Gasteiger partial charge in [0.25, 0.3) is 0 Å². The van der Waals surface area contributed by atoms with E-state index in [0.29, 0.717) is 25.3 Å². The highest BCUT2D eigenvalue weighted by molar-refractivity contribution is 5.76. The molecule has 19 heavy (non-hydrogen) atoms. The molecule has 4 nitrogen and oxygen atoms in total. The van der Waals surface area contributed by atoms with Crippen molar-refractivity contribution in [2.24, 2.45) is 11.7 Å². The third-order valence-electron chi connectivity index (χ3n) is 4.00. The van der Waals surface area contributed by atoms with Gasteiger partial charge in [0, 0.05) is 25.4 Å². The smallest absolute Gasteiger partial charge is 0.220 e. The van der Waals surface area contributed by atoms with Gasteiger partial charge in [-0.1, -0.05) is 19.3 Å². The first-order valence-corrected chi connectivity index (χ1v) is 7.31. The predicted octanol–water partition coefficient (Wildman–Crippen LogP) is 2.24. The molecular formula is C15H24N2O2. The minimum Gasteiger partial charge on any atom is -0.469 e. The van der Waals surface area contributed by atoms with E-state index in [1.807, 2.05) is 12.1 Å². The number of hydrogen-bond acceptors (Lipinski definition) is 3. The number of rotatable bonds is 6. The fourth-order valence-electron chi connectivity index (χ4n) is 2.88. The highest BCUT2D eigenvalue weighted by atomic mass is 16.3. The number of aryl methyl sites for hydroxylation is 1. The normalized spacial score (nSPS) is 18.2. The number of carbonyl (C=O) groups excluding carboxylic acids is 1. The standard InChI is InChI=1S/C15H24N2O2/c16-11-14(12-5-2-1-3-6-12)17-15(18)9-8-13-7-4-10-19-13/h4,7,10,12,14H,1-3,5-6,8-9,11,16H2,(H,17,18). The monoisotopic (exact) mass is 264 g/mol. The average molecular weight is 264 g/mol. The molecule has 0 saturated heterocycles. The van der Waals surface area contributed by atoms with Gasteiger partial charge in [-0.15, -0.1) is 0 Å². The molecule has 0 radical (unpaired) electrons. The lowest BCUT2D eigenvalue weighted by Gasteiger charge is -2.30. The third kappa shape index (κ3) is 4.39. The van der Waals surface area contributed by atoms with Crippen LogP contribution in [0, 0.1) is 5.92 Å². The number of hydrogen-bond donors (Lipinski definition) is 2. The zero-order valence-electron chi connectivity index (χ0n) is 11.4. The van der Waals surface area contributed by atoms with Crippen LogP contribution in [0.3, 0.4) is 0 Å². The quantitative estimate of drug-likeness (QED) is 0.828. The summed E-state index contributed by atoms with van der Waals surface area (Å²) in [5.41, 5.74) is 5.81. The van der Waals surface area contributed by atoms with Crippen molar-refractivity contribution in [1.82, 2.24) is 5.32 Å². The number of nitrogens with one attached hydrogen (secondary N) is 1. The maximum Gasteiger partial charge on any atom is 0.220 e. The van der Waals surface area contributed by atoms with Gasteiger partial charge >= 0.3 is 0 Å². The summed E-state index contributed by atoms with van der Waals surface area (Å²) in [6, 6.07) is 3.89. The third-order valence-corrected chi connectivity index (χ3v) is 4.00. The highest BCUT2D eigenvalue weighted by Gasteiger charge is 2.23. The average Bonchev–Trinajstić information content (AvgIpc) is 2.97. The van der Waals surface area contributed by atoms with Gasteiger partial charge in [0.2, 0.25) is 5.91 Å². The van der Waals surface area contributed by atoms with E-state index in [1.54, 1.807) is 6.26 Å². The molecule has 1 aromatic heterocycles. The first kappa shape index (κ1) is 14.1. The largest absolute Gasteiger partial charge is 0.469 e. The van der Waals surface area contributed by atoms with E-state index in [9.17, 15) is 4.79 Å². The summed E-state index contributed by atoms with van der Waals surface area (Å²) < 4.78 is 5.23. The van der Waals surface area contributed by atoms with Crippen molar-refractivity contribution in [3.63, 3.8) is 0 Å². The lowest BCUT2D eigenvalue weighted by molar-refractivity contribution is -0.122. The summed E-state index contributed by atoms with van der Waals surface area (Å²) in [6.07, 6.45) is 9.00. The van der Waals surface area contributed by atoms with E-state index in [4.69, 9.17) is 10.2 Å². The Morgan fingerprint density at radius 3 is 2.84 bits per heavy atom. The van der Waals surface area contributed by atoms with E-state index < -0.39 is 0 Å². The first-order chi connectivity index (χ1) is 9.29. The minimum atomic E-state index is 0.0809. The Morgan fingerprint density at radius 1 is 1.42 bits per heavy atom. The van der Waals surface area contributed by atoms with Gasteiger partial charge in [-0.3, -0.25) is 4.79 Å². The predicted molar refractivity (Wildman–Crippen MR) is 74.6 cm³/mol. The fraction of sp³-hybridized carbons (Fsp3) is 0.667. The Kier molecular flexibility index (Phi) is 5.45. The summed E-state index contributed by atoms with van der Waals surface area (Å²) in [5, 5.41) is 3.09. The molecule has 1 heterocycles. The van der Waals surface area contributed by atoms with Gasteiger partial charge < -0.3 is 15.5 Å². The van der Waals surface area contributed by atoms with Crippen molar-refractivity contribution >= 4 is 5.91 Å². The maximum atomic E-state index is 11.9. The summed E-state index contributed by atoms with van der Waals surface area (Å²) in [5.74, 6) is 1.50. The maximum absolute atomic E-state index is 11.9. The SMILES string of the molecule is NCC(NC(=O)CCc1ccco1)C1CCCCC1.